The maximum Gasteiger partial charge on any atom is 0.416 e. The standard InChI is InChI=1S/C27H25ClF3NO5S/c1-16-9-18(11-20(28)10-16)17-7-8-24-23(12-17)32(15-21(37-24)14-26(2,3)25(33)34)38(35,36)22-6-4-5-19(13-22)27(29,30)31/h4-13,21H,14-15H2,1-3H3,(H,33,34). The maximum atomic E-state index is 13.8. The highest BCUT2D eigenvalue weighted by atomic mass is 35.5. The van der Waals surface area contributed by atoms with Crippen LogP contribution in [0.2, 0.25) is 5.02 Å². The molecule has 0 bridgehead atoms. The molecule has 0 amide bonds. The van der Waals surface area contributed by atoms with Crippen LogP contribution >= 0.6 is 11.6 Å². The molecule has 4 rings (SSSR count). The second kappa shape index (κ2) is 9.81. The minimum atomic E-state index is -4.74. The average molecular weight is 568 g/mol. The van der Waals surface area contributed by atoms with Gasteiger partial charge in [-0.1, -0.05) is 29.8 Å². The van der Waals surface area contributed by atoms with E-state index in [9.17, 15) is 31.5 Å². The van der Waals surface area contributed by atoms with E-state index in [4.69, 9.17) is 16.3 Å². The molecule has 0 aromatic heterocycles. The van der Waals surface area contributed by atoms with Gasteiger partial charge in [0, 0.05) is 11.4 Å². The fourth-order valence-electron chi connectivity index (χ4n) is 4.35. The highest BCUT2D eigenvalue weighted by Crippen LogP contribution is 2.42. The fraction of sp³-hybridized carbons (Fsp3) is 0.296. The van der Waals surface area contributed by atoms with Gasteiger partial charge in [-0.3, -0.25) is 9.10 Å². The molecule has 0 spiro atoms. The summed E-state index contributed by atoms with van der Waals surface area (Å²) in [5.74, 6) is -0.925. The Labute approximate surface area is 223 Å². The Morgan fingerprint density at radius 2 is 1.79 bits per heavy atom. The van der Waals surface area contributed by atoms with E-state index in [2.05, 4.69) is 0 Å². The topological polar surface area (TPSA) is 83.9 Å². The first kappa shape index (κ1) is 27.8. The SMILES string of the molecule is Cc1cc(Cl)cc(-c2ccc3c(c2)N(S(=O)(=O)c2cccc(C(F)(F)F)c2)CC(CC(C)(C)C(=O)O)O3)c1. The van der Waals surface area contributed by atoms with Gasteiger partial charge in [-0.05, 0) is 79.9 Å². The molecule has 3 aromatic carbocycles. The number of aliphatic carboxylic acids is 1. The number of ether oxygens (including phenoxy) is 1. The largest absolute Gasteiger partial charge is 0.486 e. The number of carbonyl (C=O) groups is 1. The number of anilines is 1. The van der Waals surface area contributed by atoms with Gasteiger partial charge >= 0.3 is 12.1 Å². The monoisotopic (exact) mass is 567 g/mol. The van der Waals surface area contributed by atoms with Gasteiger partial charge in [-0.25, -0.2) is 8.42 Å². The maximum absolute atomic E-state index is 13.8. The third-order valence-electron chi connectivity index (χ3n) is 6.33. The van der Waals surface area contributed by atoms with Crippen LogP contribution in [0, 0.1) is 12.3 Å². The summed E-state index contributed by atoms with van der Waals surface area (Å²) in [5.41, 5.74) is -0.00655. The lowest BCUT2D eigenvalue weighted by Crippen LogP contribution is -2.46. The number of carboxylic acid groups (broad SMARTS) is 1. The van der Waals surface area contributed by atoms with Crippen LogP contribution in [-0.2, 0) is 21.0 Å². The molecule has 0 saturated heterocycles. The van der Waals surface area contributed by atoms with Crippen molar-refractivity contribution < 1.29 is 36.2 Å². The number of alkyl halides is 3. The normalized spacial score (nSPS) is 16.1. The van der Waals surface area contributed by atoms with Gasteiger partial charge in [0.2, 0.25) is 0 Å². The zero-order chi connectivity index (χ0) is 28.0. The van der Waals surface area contributed by atoms with Gasteiger partial charge < -0.3 is 9.84 Å². The van der Waals surface area contributed by atoms with Crippen molar-refractivity contribution in [2.75, 3.05) is 10.8 Å². The Bertz CT molecular complexity index is 1480. The lowest BCUT2D eigenvalue weighted by atomic mass is 9.86. The van der Waals surface area contributed by atoms with E-state index < -0.39 is 44.1 Å². The quantitative estimate of drug-likeness (QED) is 0.354. The molecule has 1 N–H and O–H groups in total. The smallest absolute Gasteiger partial charge is 0.416 e. The number of benzene rings is 3. The van der Waals surface area contributed by atoms with Gasteiger partial charge in [0.15, 0.2) is 0 Å². The molecule has 1 aliphatic rings. The van der Waals surface area contributed by atoms with Crippen molar-refractivity contribution in [3.63, 3.8) is 0 Å². The molecule has 0 saturated carbocycles. The molecule has 0 fully saturated rings. The molecule has 38 heavy (non-hydrogen) atoms. The van der Waals surface area contributed by atoms with Gasteiger partial charge in [-0.15, -0.1) is 0 Å². The van der Waals surface area contributed by atoms with E-state index >= 15 is 0 Å². The second-order valence-corrected chi connectivity index (χ2v) is 12.2. The van der Waals surface area contributed by atoms with Gasteiger partial charge in [0.25, 0.3) is 10.0 Å². The Morgan fingerprint density at radius 3 is 2.42 bits per heavy atom. The number of sulfonamides is 1. The third kappa shape index (κ3) is 5.61. The predicted molar refractivity (Wildman–Crippen MR) is 138 cm³/mol. The minimum Gasteiger partial charge on any atom is -0.486 e. The van der Waals surface area contributed by atoms with Crippen LogP contribution in [0.25, 0.3) is 11.1 Å². The Morgan fingerprint density at radius 1 is 1.08 bits per heavy atom. The molecular weight excluding hydrogens is 543 g/mol. The number of aryl methyl sites for hydroxylation is 1. The summed E-state index contributed by atoms with van der Waals surface area (Å²) in [7, 11) is -4.50. The third-order valence-corrected chi connectivity index (χ3v) is 8.33. The van der Waals surface area contributed by atoms with Gasteiger partial charge in [0.1, 0.15) is 11.9 Å². The van der Waals surface area contributed by atoms with Crippen LogP contribution in [0.5, 0.6) is 5.75 Å². The predicted octanol–water partition coefficient (Wildman–Crippen LogP) is 6.79. The summed E-state index contributed by atoms with van der Waals surface area (Å²) < 4.78 is 74.7. The van der Waals surface area contributed by atoms with Crippen LogP contribution < -0.4 is 9.04 Å². The van der Waals surface area contributed by atoms with Crippen molar-refractivity contribution in [2.45, 2.75) is 44.4 Å². The zero-order valence-electron chi connectivity index (χ0n) is 20.7. The van der Waals surface area contributed by atoms with E-state index in [1.165, 1.54) is 13.8 Å². The van der Waals surface area contributed by atoms with Crippen molar-refractivity contribution in [1.29, 1.82) is 0 Å². The summed E-state index contributed by atoms with van der Waals surface area (Å²) in [6, 6.07) is 13.7. The van der Waals surface area contributed by atoms with Gasteiger partial charge in [0.05, 0.1) is 28.1 Å². The molecule has 6 nitrogen and oxygen atoms in total. The van der Waals surface area contributed by atoms with Gasteiger partial charge in [-0.2, -0.15) is 13.2 Å². The molecule has 0 radical (unpaired) electrons. The van der Waals surface area contributed by atoms with E-state index in [0.29, 0.717) is 22.2 Å². The summed E-state index contributed by atoms with van der Waals surface area (Å²) >= 11 is 6.21. The van der Waals surface area contributed by atoms with Crippen molar-refractivity contribution in [3.8, 4) is 16.9 Å². The molecule has 1 atom stereocenters. The fourth-order valence-corrected chi connectivity index (χ4v) is 6.18. The number of nitrogens with zero attached hydrogens (tertiary/aromatic N) is 1. The molecule has 1 aliphatic heterocycles. The first-order valence-electron chi connectivity index (χ1n) is 11.6. The number of fused-ring (bicyclic) bond motifs is 1. The molecule has 202 valence electrons. The first-order valence-corrected chi connectivity index (χ1v) is 13.4. The highest BCUT2D eigenvalue weighted by Gasteiger charge is 2.40. The number of halogens is 4. The number of carboxylic acids is 1. The molecule has 3 aromatic rings. The van der Waals surface area contributed by atoms with E-state index in [1.54, 1.807) is 30.3 Å². The van der Waals surface area contributed by atoms with E-state index in [1.807, 2.05) is 13.0 Å². The summed E-state index contributed by atoms with van der Waals surface area (Å²) in [6.07, 6.45) is -5.64. The second-order valence-electron chi connectivity index (χ2n) is 9.89. The van der Waals surface area contributed by atoms with Crippen molar-refractivity contribution in [2.24, 2.45) is 5.41 Å². The number of rotatable bonds is 6. The van der Waals surface area contributed by atoms with Crippen LogP contribution in [0.4, 0.5) is 18.9 Å². The molecule has 1 heterocycles. The Hall–Kier alpha value is -3.24. The number of hydrogen-bond donors (Lipinski definition) is 1. The van der Waals surface area contributed by atoms with Crippen molar-refractivity contribution in [3.05, 3.63) is 76.8 Å². The summed E-state index contributed by atoms with van der Waals surface area (Å²) in [6.45, 7) is 4.55. The lowest BCUT2D eigenvalue weighted by Gasteiger charge is -2.38. The molecular formula is C27H25ClF3NO5S. The average Bonchev–Trinajstić information content (AvgIpc) is 2.82. The van der Waals surface area contributed by atoms with E-state index in [0.717, 1.165) is 28.1 Å². The summed E-state index contributed by atoms with van der Waals surface area (Å²) in [4.78, 5) is 11.2. The molecule has 1 unspecified atom stereocenters. The van der Waals surface area contributed by atoms with Crippen LogP contribution in [0.3, 0.4) is 0 Å². The zero-order valence-corrected chi connectivity index (χ0v) is 22.3. The minimum absolute atomic E-state index is 0.0361. The molecule has 0 aliphatic carbocycles. The Balaban J connectivity index is 1.85. The van der Waals surface area contributed by atoms with Crippen molar-refractivity contribution >= 4 is 33.3 Å². The summed E-state index contributed by atoms with van der Waals surface area (Å²) in [5, 5.41) is 10.1. The first-order chi connectivity index (χ1) is 17.6. The van der Waals surface area contributed by atoms with Crippen LogP contribution in [0.1, 0.15) is 31.4 Å². The highest BCUT2D eigenvalue weighted by molar-refractivity contribution is 7.92. The van der Waals surface area contributed by atoms with Crippen LogP contribution in [-0.4, -0.2) is 32.1 Å². The number of hydrogen-bond acceptors (Lipinski definition) is 4. The lowest BCUT2D eigenvalue weighted by molar-refractivity contribution is -0.148. The van der Waals surface area contributed by atoms with Crippen molar-refractivity contribution in [1.82, 2.24) is 0 Å². The van der Waals surface area contributed by atoms with Crippen LogP contribution in [0.15, 0.2) is 65.6 Å². The Kier molecular flexibility index (Phi) is 7.18. The van der Waals surface area contributed by atoms with E-state index in [-0.39, 0.29) is 24.4 Å². The molecule has 11 heteroatoms.